The van der Waals surface area contributed by atoms with Crippen LogP contribution in [0.5, 0.6) is 0 Å². The van der Waals surface area contributed by atoms with Gasteiger partial charge < -0.3 is 4.74 Å². The Labute approximate surface area is 109 Å². The van der Waals surface area contributed by atoms with Crippen molar-refractivity contribution in [3.05, 3.63) is 41.1 Å². The summed E-state index contributed by atoms with van der Waals surface area (Å²) in [6, 6.07) is 8.13. The van der Waals surface area contributed by atoms with Gasteiger partial charge in [-0.1, -0.05) is 36.5 Å². The molecule has 0 unspecified atom stereocenters. The maximum atomic E-state index is 11.5. The normalized spacial score (nSPS) is 10.4. The molecule has 0 bridgehead atoms. The maximum absolute atomic E-state index is 11.5. The molecule has 0 saturated carbocycles. The second kappa shape index (κ2) is 5.38. The first kappa shape index (κ1) is 12.2. The fraction of sp³-hybridized carbons (Fsp3) is 0.154. The molecule has 0 spiro atoms. The van der Waals surface area contributed by atoms with Gasteiger partial charge in [-0.25, -0.2) is 4.79 Å². The minimum atomic E-state index is -0.340. The average molecular weight is 264 g/mol. The first-order chi connectivity index (χ1) is 8.22. The Bertz CT molecular complexity index is 516. The van der Waals surface area contributed by atoms with Gasteiger partial charge in [0, 0.05) is 9.77 Å². The highest BCUT2D eigenvalue weighted by Gasteiger charge is 2.15. The van der Waals surface area contributed by atoms with Gasteiger partial charge in [0.05, 0.1) is 11.5 Å². The molecule has 0 saturated heterocycles. The summed E-state index contributed by atoms with van der Waals surface area (Å²) in [4.78, 5) is 14.1. The third kappa shape index (κ3) is 2.70. The smallest absolute Gasteiger partial charge is 0.344 e. The molecule has 0 aromatic carbocycles. The monoisotopic (exact) mass is 264 g/mol. The SMILES string of the molecule is C=C(Sc1ccc2cccsc1-2)C(=O)OCC. The van der Waals surface area contributed by atoms with Gasteiger partial charge in [0.1, 0.15) is 0 Å². The Hall–Kier alpha value is -1.26. The van der Waals surface area contributed by atoms with Gasteiger partial charge in [0.25, 0.3) is 0 Å². The molecule has 0 amide bonds. The van der Waals surface area contributed by atoms with E-state index in [2.05, 4.69) is 12.6 Å². The molecule has 88 valence electrons. The highest BCUT2D eigenvalue weighted by atomic mass is 32.2. The highest BCUT2D eigenvalue weighted by Crippen LogP contribution is 2.40. The third-order valence-electron chi connectivity index (χ3n) is 2.18. The molecular formula is C13H12O2S2. The van der Waals surface area contributed by atoms with E-state index in [1.165, 1.54) is 22.2 Å². The Balaban J connectivity index is 2.14. The molecule has 2 nitrogen and oxygen atoms in total. The van der Waals surface area contributed by atoms with Crippen LogP contribution in [0, 0.1) is 0 Å². The molecular weight excluding hydrogens is 252 g/mol. The summed E-state index contributed by atoms with van der Waals surface area (Å²) in [6.45, 7) is 5.91. The van der Waals surface area contributed by atoms with E-state index in [1.807, 2.05) is 23.6 Å². The molecule has 0 aromatic heterocycles. The van der Waals surface area contributed by atoms with Gasteiger partial charge >= 0.3 is 5.97 Å². The highest BCUT2D eigenvalue weighted by molar-refractivity contribution is 8.04. The Morgan fingerprint density at radius 2 is 2.29 bits per heavy atom. The Kier molecular flexibility index (Phi) is 3.86. The van der Waals surface area contributed by atoms with Crippen molar-refractivity contribution < 1.29 is 9.53 Å². The number of hydrogen-bond donors (Lipinski definition) is 0. The van der Waals surface area contributed by atoms with Crippen LogP contribution in [0.1, 0.15) is 6.92 Å². The number of thioether (sulfide) groups is 1. The van der Waals surface area contributed by atoms with Crippen molar-refractivity contribution in [2.24, 2.45) is 0 Å². The van der Waals surface area contributed by atoms with Crippen LogP contribution < -0.4 is 0 Å². The van der Waals surface area contributed by atoms with Crippen LogP contribution in [-0.4, -0.2) is 12.6 Å². The lowest BCUT2D eigenvalue weighted by Crippen LogP contribution is -2.03. The quantitative estimate of drug-likeness (QED) is 0.474. The van der Waals surface area contributed by atoms with E-state index < -0.39 is 0 Å². The van der Waals surface area contributed by atoms with Gasteiger partial charge in [-0.2, -0.15) is 0 Å². The molecule has 1 aliphatic carbocycles. The minimum Gasteiger partial charge on any atom is -0.462 e. The maximum Gasteiger partial charge on any atom is 0.344 e. The lowest BCUT2D eigenvalue weighted by Gasteiger charge is -2.05. The molecule has 0 aromatic rings. The van der Waals surface area contributed by atoms with Crippen LogP contribution in [-0.2, 0) is 9.53 Å². The summed E-state index contributed by atoms with van der Waals surface area (Å²) >= 11 is 3.03. The summed E-state index contributed by atoms with van der Waals surface area (Å²) in [5, 5.41) is 2.03. The number of carbonyl (C=O) groups is 1. The van der Waals surface area contributed by atoms with Crippen molar-refractivity contribution in [2.45, 2.75) is 11.8 Å². The van der Waals surface area contributed by atoms with Crippen molar-refractivity contribution in [3.8, 4) is 10.4 Å². The largest absolute Gasteiger partial charge is 0.462 e. The van der Waals surface area contributed by atoms with Crippen molar-refractivity contribution >= 4 is 29.1 Å². The zero-order valence-corrected chi connectivity index (χ0v) is 11.1. The molecule has 4 heteroatoms. The van der Waals surface area contributed by atoms with E-state index in [0.29, 0.717) is 11.5 Å². The van der Waals surface area contributed by atoms with Crippen molar-refractivity contribution in [2.75, 3.05) is 6.61 Å². The average Bonchev–Trinajstić information content (AvgIpc) is 2.73. The molecule has 0 fully saturated rings. The summed E-state index contributed by atoms with van der Waals surface area (Å²) in [5.74, 6) is -0.340. The topological polar surface area (TPSA) is 26.3 Å². The van der Waals surface area contributed by atoms with E-state index in [1.54, 1.807) is 18.3 Å². The summed E-state index contributed by atoms with van der Waals surface area (Å²) in [6.07, 6.45) is 0. The number of ether oxygens (including phenoxy) is 1. The van der Waals surface area contributed by atoms with Gasteiger partial charge in [0.2, 0.25) is 0 Å². The van der Waals surface area contributed by atoms with Crippen molar-refractivity contribution in [1.29, 1.82) is 0 Å². The van der Waals surface area contributed by atoms with Crippen molar-refractivity contribution in [3.63, 3.8) is 0 Å². The first-order valence-electron chi connectivity index (χ1n) is 5.22. The van der Waals surface area contributed by atoms with Gasteiger partial charge in [-0.3, -0.25) is 0 Å². The molecule has 0 radical (unpaired) electrons. The standard InChI is InChI=1S/C13H12O2S2/c1-3-15-13(14)9(2)17-11-7-6-10-5-4-8-16-12(10)11/h4-8H,2-3H2,1H3. The summed E-state index contributed by atoms with van der Waals surface area (Å²) < 4.78 is 4.91. The van der Waals surface area contributed by atoms with Gasteiger partial charge in [-0.05, 0) is 23.9 Å². The lowest BCUT2D eigenvalue weighted by molar-refractivity contribution is -0.137. The van der Waals surface area contributed by atoms with Crippen LogP contribution in [0.2, 0.25) is 0 Å². The molecule has 17 heavy (non-hydrogen) atoms. The fourth-order valence-corrected chi connectivity index (χ4v) is 3.21. The summed E-state index contributed by atoms with van der Waals surface area (Å²) in [5.41, 5.74) is 1.19. The van der Waals surface area contributed by atoms with Gasteiger partial charge in [-0.15, -0.1) is 11.3 Å². The third-order valence-corrected chi connectivity index (χ3v) is 4.26. The number of carbonyl (C=O) groups excluding carboxylic acids is 1. The van der Waals surface area contributed by atoms with E-state index in [-0.39, 0.29) is 5.97 Å². The van der Waals surface area contributed by atoms with E-state index in [4.69, 9.17) is 4.74 Å². The number of fused-ring (bicyclic) bond motifs is 1. The minimum absolute atomic E-state index is 0.340. The predicted molar refractivity (Wildman–Crippen MR) is 72.6 cm³/mol. The molecule has 0 atom stereocenters. The number of rotatable bonds is 4. The number of esters is 1. The van der Waals surface area contributed by atoms with Crippen LogP contribution in [0.3, 0.4) is 0 Å². The van der Waals surface area contributed by atoms with E-state index in [0.717, 1.165) is 4.90 Å². The molecule has 0 N–H and O–H groups in total. The van der Waals surface area contributed by atoms with E-state index >= 15 is 0 Å². The molecule has 2 rings (SSSR count). The summed E-state index contributed by atoms with van der Waals surface area (Å²) in [7, 11) is 0. The first-order valence-corrected chi connectivity index (χ1v) is 6.92. The van der Waals surface area contributed by atoms with Gasteiger partial charge in [0.15, 0.2) is 0 Å². The Morgan fingerprint density at radius 1 is 1.47 bits per heavy atom. The van der Waals surface area contributed by atoms with E-state index in [9.17, 15) is 4.79 Å². The van der Waals surface area contributed by atoms with Crippen LogP contribution >= 0.6 is 23.1 Å². The second-order valence-corrected chi connectivity index (χ2v) is 5.39. The number of hydrogen-bond acceptors (Lipinski definition) is 4. The molecule has 1 heterocycles. The zero-order chi connectivity index (χ0) is 12.3. The lowest BCUT2D eigenvalue weighted by atomic mass is 10.3. The zero-order valence-electron chi connectivity index (χ0n) is 9.43. The van der Waals surface area contributed by atoms with Crippen LogP contribution in [0.15, 0.2) is 46.0 Å². The molecule has 1 aliphatic heterocycles. The fourth-order valence-electron chi connectivity index (χ4n) is 1.43. The van der Waals surface area contributed by atoms with Crippen LogP contribution in [0.4, 0.5) is 0 Å². The van der Waals surface area contributed by atoms with Crippen LogP contribution in [0.25, 0.3) is 10.4 Å². The van der Waals surface area contributed by atoms with Crippen molar-refractivity contribution in [1.82, 2.24) is 0 Å². The Morgan fingerprint density at radius 3 is 3.06 bits per heavy atom. The molecule has 2 aliphatic rings. The second-order valence-electron chi connectivity index (χ2n) is 3.34. The predicted octanol–water partition coefficient (Wildman–Crippen LogP) is 4.02.